The Bertz CT molecular complexity index is 822. The highest BCUT2D eigenvalue weighted by atomic mass is 16.6. The first-order chi connectivity index (χ1) is 12.4. The zero-order valence-electron chi connectivity index (χ0n) is 13.9. The zero-order chi connectivity index (χ0) is 18.8. The van der Waals surface area contributed by atoms with Crippen LogP contribution in [-0.2, 0) is 38.6 Å². The summed E-state index contributed by atoms with van der Waals surface area (Å²) in [6.45, 7) is 3.26. The average molecular weight is 369 g/mol. The second kappa shape index (κ2) is 7.40. The number of epoxide rings is 2. The minimum absolute atomic E-state index is 0.0189. The Morgan fingerprint density at radius 3 is 2.00 bits per heavy atom. The third-order valence-corrected chi connectivity index (χ3v) is 3.94. The molecule has 11 heteroatoms. The number of hydrogen-bond acceptors (Lipinski definition) is 8. The van der Waals surface area contributed by atoms with Gasteiger partial charge in [0.25, 0.3) is 0 Å². The molecule has 3 heterocycles. The van der Waals surface area contributed by atoms with E-state index in [1.807, 2.05) is 0 Å². The number of carbonyl (C=O) groups is 1. The molecule has 2 saturated heterocycles. The Morgan fingerprint density at radius 2 is 1.58 bits per heavy atom. The number of hydrogen-bond donors (Lipinski definition) is 1. The molecule has 2 aliphatic rings. The van der Waals surface area contributed by atoms with Crippen LogP contribution in [0, 0.1) is 0 Å². The van der Waals surface area contributed by atoms with Crippen LogP contribution in [0.1, 0.15) is 0 Å². The van der Waals surface area contributed by atoms with E-state index in [9.17, 15) is 24.3 Å². The lowest BCUT2D eigenvalue weighted by atomic mass is 10.3. The molecule has 0 spiro atoms. The van der Waals surface area contributed by atoms with Crippen molar-refractivity contribution in [3.63, 3.8) is 0 Å². The van der Waals surface area contributed by atoms with Crippen molar-refractivity contribution in [3.05, 3.63) is 44.1 Å². The number of nitrogens with zero attached hydrogens (tertiary/aromatic N) is 3. The molecule has 0 aliphatic carbocycles. The number of rotatable bonds is 9. The highest BCUT2D eigenvalue weighted by Crippen LogP contribution is 2.10. The molecule has 11 nitrogen and oxygen atoms in total. The lowest BCUT2D eigenvalue weighted by molar-refractivity contribution is -0.140. The number of aromatic nitrogens is 3. The summed E-state index contributed by atoms with van der Waals surface area (Å²) in [4.78, 5) is 48.6. The largest absolute Gasteiger partial charge is 0.460 e. The summed E-state index contributed by atoms with van der Waals surface area (Å²) in [6.07, 6.45) is -0.888. The Balaban J connectivity index is 1.90. The molecule has 0 saturated carbocycles. The quantitative estimate of drug-likeness (QED) is 0.277. The van der Waals surface area contributed by atoms with Crippen LogP contribution in [0.25, 0.3) is 0 Å². The number of carbonyl (C=O) groups excluding carboxylic acids is 1. The van der Waals surface area contributed by atoms with Gasteiger partial charge in [0.1, 0.15) is 12.7 Å². The lowest BCUT2D eigenvalue weighted by Gasteiger charge is -2.15. The normalized spacial score (nSPS) is 21.9. The highest BCUT2D eigenvalue weighted by molar-refractivity contribution is 5.81. The van der Waals surface area contributed by atoms with E-state index < -0.39 is 42.3 Å². The standard InChI is InChI=1S/C15H19N3O8/c1-2-12(20)26-6-9(19)3-16-13(21)17(4-10-7-24-10)15(23)18(14(16)22)5-11-8-25-11/h2,9-11,19H,1,3-8H2. The molecule has 1 aromatic heterocycles. The molecule has 1 N–H and O–H groups in total. The van der Waals surface area contributed by atoms with Crippen molar-refractivity contribution in [2.24, 2.45) is 0 Å². The zero-order valence-corrected chi connectivity index (χ0v) is 13.9. The average Bonchev–Trinajstić information content (AvgIpc) is 3.52. The van der Waals surface area contributed by atoms with Gasteiger partial charge in [-0.3, -0.25) is 0 Å². The van der Waals surface area contributed by atoms with Gasteiger partial charge in [-0.25, -0.2) is 32.9 Å². The van der Waals surface area contributed by atoms with Crippen LogP contribution in [0.2, 0.25) is 0 Å². The predicted molar refractivity (Wildman–Crippen MR) is 85.9 cm³/mol. The second-order valence-corrected chi connectivity index (χ2v) is 6.08. The number of aliphatic hydroxyl groups is 1. The van der Waals surface area contributed by atoms with Gasteiger partial charge in [0.15, 0.2) is 0 Å². The molecule has 0 aromatic carbocycles. The van der Waals surface area contributed by atoms with Gasteiger partial charge >= 0.3 is 23.0 Å². The molecule has 1 aromatic rings. The molecule has 3 unspecified atom stereocenters. The minimum Gasteiger partial charge on any atom is -0.460 e. The maximum Gasteiger partial charge on any atom is 0.336 e. The second-order valence-electron chi connectivity index (χ2n) is 6.08. The van der Waals surface area contributed by atoms with Crippen molar-refractivity contribution < 1.29 is 24.1 Å². The van der Waals surface area contributed by atoms with E-state index in [4.69, 9.17) is 14.2 Å². The maximum absolute atomic E-state index is 12.5. The molecule has 2 fully saturated rings. The summed E-state index contributed by atoms with van der Waals surface area (Å²) in [6, 6.07) is 0. The van der Waals surface area contributed by atoms with E-state index >= 15 is 0 Å². The van der Waals surface area contributed by atoms with E-state index in [0.717, 1.165) is 19.8 Å². The van der Waals surface area contributed by atoms with Gasteiger partial charge in [0.05, 0.1) is 45.1 Å². The monoisotopic (exact) mass is 369 g/mol. The summed E-state index contributed by atoms with van der Waals surface area (Å²) in [5.74, 6) is -0.740. The van der Waals surface area contributed by atoms with E-state index in [2.05, 4.69) is 6.58 Å². The van der Waals surface area contributed by atoms with Gasteiger partial charge in [-0.05, 0) is 0 Å². The fraction of sp³-hybridized carbons (Fsp3) is 0.600. The van der Waals surface area contributed by atoms with Gasteiger partial charge in [-0.1, -0.05) is 6.58 Å². The first kappa shape index (κ1) is 18.3. The molecule has 2 aliphatic heterocycles. The Labute approximate surface area is 146 Å². The summed E-state index contributed by atoms with van der Waals surface area (Å²) in [5.41, 5.74) is -2.44. The maximum atomic E-state index is 12.5. The van der Waals surface area contributed by atoms with Gasteiger partial charge in [-0.15, -0.1) is 0 Å². The molecular weight excluding hydrogens is 350 g/mol. The first-order valence-corrected chi connectivity index (χ1v) is 8.05. The topological polar surface area (TPSA) is 138 Å². The number of esters is 1. The Kier molecular flexibility index (Phi) is 5.20. The third-order valence-electron chi connectivity index (χ3n) is 3.94. The van der Waals surface area contributed by atoms with Crippen molar-refractivity contribution in [2.75, 3.05) is 19.8 Å². The third kappa shape index (κ3) is 4.18. The van der Waals surface area contributed by atoms with Gasteiger partial charge in [0, 0.05) is 6.08 Å². The van der Waals surface area contributed by atoms with Crippen molar-refractivity contribution >= 4 is 5.97 Å². The Hall–Kier alpha value is -2.50. The van der Waals surface area contributed by atoms with Crippen LogP contribution in [0.3, 0.4) is 0 Å². The highest BCUT2D eigenvalue weighted by Gasteiger charge is 2.29. The van der Waals surface area contributed by atoms with E-state index in [0.29, 0.717) is 13.2 Å². The van der Waals surface area contributed by atoms with Crippen LogP contribution in [0.4, 0.5) is 0 Å². The van der Waals surface area contributed by atoms with Crippen molar-refractivity contribution in [1.82, 2.24) is 13.7 Å². The van der Waals surface area contributed by atoms with E-state index in [1.165, 1.54) is 0 Å². The van der Waals surface area contributed by atoms with Crippen molar-refractivity contribution in [1.29, 1.82) is 0 Å². The van der Waals surface area contributed by atoms with Gasteiger partial charge in [-0.2, -0.15) is 0 Å². The molecule has 0 radical (unpaired) electrons. The van der Waals surface area contributed by atoms with Crippen molar-refractivity contribution in [3.8, 4) is 0 Å². The van der Waals surface area contributed by atoms with Gasteiger partial charge < -0.3 is 19.3 Å². The molecule has 26 heavy (non-hydrogen) atoms. The summed E-state index contributed by atoms with van der Waals surface area (Å²) >= 11 is 0. The SMILES string of the molecule is C=CC(=O)OCC(O)Cn1c(=O)n(CC2CO2)c(=O)n(CC2CO2)c1=O. The molecule has 3 atom stereocenters. The smallest absolute Gasteiger partial charge is 0.336 e. The van der Waals surface area contributed by atoms with Gasteiger partial charge in [0.2, 0.25) is 0 Å². The molecular formula is C15H19N3O8. The fourth-order valence-electron chi connectivity index (χ4n) is 2.41. The molecule has 3 rings (SSSR count). The molecule has 142 valence electrons. The first-order valence-electron chi connectivity index (χ1n) is 8.05. The summed E-state index contributed by atoms with van der Waals surface area (Å²) < 4.78 is 17.4. The predicted octanol–water partition coefficient (Wildman–Crippen LogP) is -2.94. The Morgan fingerprint density at radius 1 is 1.12 bits per heavy atom. The number of ether oxygens (including phenoxy) is 3. The van der Waals surface area contributed by atoms with Crippen molar-refractivity contribution in [2.45, 2.75) is 37.9 Å². The van der Waals surface area contributed by atoms with Crippen LogP contribution >= 0.6 is 0 Å². The van der Waals surface area contributed by atoms with E-state index in [1.54, 1.807) is 0 Å². The fourth-order valence-corrected chi connectivity index (χ4v) is 2.41. The van der Waals surface area contributed by atoms with Crippen LogP contribution in [-0.4, -0.2) is 62.9 Å². The van der Waals surface area contributed by atoms with E-state index in [-0.39, 0.29) is 25.3 Å². The van der Waals surface area contributed by atoms with Crippen LogP contribution in [0.15, 0.2) is 27.0 Å². The summed E-state index contributed by atoms with van der Waals surface area (Å²) in [5, 5.41) is 9.98. The molecule has 0 bridgehead atoms. The lowest BCUT2D eigenvalue weighted by Crippen LogP contribution is -2.56. The van der Waals surface area contributed by atoms with Crippen LogP contribution in [0.5, 0.6) is 0 Å². The minimum atomic E-state index is -1.31. The molecule has 0 amide bonds. The van der Waals surface area contributed by atoms with Crippen LogP contribution < -0.4 is 17.1 Å². The number of aliphatic hydroxyl groups excluding tert-OH is 1. The summed E-state index contributed by atoms with van der Waals surface area (Å²) in [7, 11) is 0.